The third-order valence-corrected chi connectivity index (χ3v) is 14.9. The summed E-state index contributed by atoms with van der Waals surface area (Å²) in [6.07, 6.45) is 23.2. The summed E-state index contributed by atoms with van der Waals surface area (Å²) in [6, 6.07) is 0. The lowest BCUT2D eigenvalue weighted by molar-refractivity contribution is -0.162. The average Bonchev–Trinajstić information content (AvgIpc) is 3.40. The van der Waals surface area contributed by atoms with Crippen LogP contribution in [0.4, 0.5) is 0 Å². The Labute approximate surface area is 256 Å². The predicted octanol–water partition coefficient (Wildman–Crippen LogP) is 10.5. The molecule has 1 heterocycles. The minimum atomic E-state index is -1.85. The van der Waals surface area contributed by atoms with Crippen LogP contribution >= 0.6 is 0 Å². The van der Waals surface area contributed by atoms with Crippen LogP contribution in [-0.4, -0.2) is 48.3 Å². The Kier molecular flexibility index (Phi) is 13.6. The van der Waals surface area contributed by atoms with Crippen molar-refractivity contribution in [3.8, 4) is 0 Å². The molecule has 6 heteroatoms. The number of hydrogen-bond donors (Lipinski definition) is 0. The van der Waals surface area contributed by atoms with Crippen molar-refractivity contribution >= 4 is 16.6 Å². The Morgan fingerprint density at radius 3 is 2.46 bits per heavy atom. The molecule has 0 aromatic heterocycles. The SMILES string of the molecule is CCCCCC(/C=C/C1=C2C/C(=C/CCCCOC3CCCCO3)CC2CC1O[Si](C)(C)C)O[Si](C)(C)C(C)(C)C. The normalized spacial score (nSPS) is 26.0. The van der Waals surface area contributed by atoms with Crippen LogP contribution in [0.15, 0.2) is 34.9 Å². The largest absolute Gasteiger partial charge is 0.411 e. The molecule has 0 aromatic carbocycles. The molecule has 0 N–H and O–H groups in total. The second-order valence-corrected chi connectivity index (χ2v) is 24.5. The van der Waals surface area contributed by atoms with Gasteiger partial charge in [-0.05, 0) is 113 Å². The van der Waals surface area contributed by atoms with Crippen molar-refractivity contribution in [3.63, 3.8) is 0 Å². The van der Waals surface area contributed by atoms with Gasteiger partial charge in [-0.2, -0.15) is 0 Å². The summed E-state index contributed by atoms with van der Waals surface area (Å²) in [7, 11) is -3.50. The van der Waals surface area contributed by atoms with Gasteiger partial charge in [0.25, 0.3) is 0 Å². The highest BCUT2D eigenvalue weighted by molar-refractivity contribution is 6.74. The fourth-order valence-electron chi connectivity index (χ4n) is 6.13. The molecule has 41 heavy (non-hydrogen) atoms. The van der Waals surface area contributed by atoms with Gasteiger partial charge in [0.2, 0.25) is 0 Å². The number of unbranched alkanes of at least 4 members (excludes halogenated alkanes) is 4. The molecule has 2 aliphatic carbocycles. The van der Waals surface area contributed by atoms with Crippen molar-refractivity contribution in [3.05, 3.63) is 34.9 Å². The first kappa shape index (κ1) is 35.0. The van der Waals surface area contributed by atoms with Crippen LogP contribution in [0, 0.1) is 5.92 Å². The lowest BCUT2D eigenvalue weighted by Crippen LogP contribution is -2.43. The molecule has 1 saturated carbocycles. The fourth-order valence-corrected chi connectivity index (χ4v) is 8.51. The Balaban J connectivity index is 1.66. The molecular weight excluding hydrogens is 541 g/mol. The quantitative estimate of drug-likeness (QED) is 0.0997. The van der Waals surface area contributed by atoms with Crippen molar-refractivity contribution in [1.29, 1.82) is 0 Å². The maximum Gasteiger partial charge on any atom is 0.192 e. The summed E-state index contributed by atoms with van der Waals surface area (Å²) in [5, 5.41) is 0.217. The first-order chi connectivity index (χ1) is 19.3. The Hall–Kier alpha value is -0.506. The smallest absolute Gasteiger partial charge is 0.192 e. The Morgan fingerprint density at radius 2 is 1.80 bits per heavy atom. The third-order valence-electron chi connectivity index (χ3n) is 9.44. The van der Waals surface area contributed by atoms with Gasteiger partial charge in [-0.3, -0.25) is 0 Å². The summed E-state index contributed by atoms with van der Waals surface area (Å²) in [6.45, 7) is 22.8. The van der Waals surface area contributed by atoms with E-state index in [4.69, 9.17) is 18.3 Å². The van der Waals surface area contributed by atoms with E-state index in [1.165, 1.54) is 50.5 Å². The van der Waals surface area contributed by atoms with Crippen molar-refractivity contribution in [2.45, 2.75) is 167 Å². The van der Waals surface area contributed by atoms with Crippen LogP contribution in [0.25, 0.3) is 0 Å². The number of allylic oxidation sites excluding steroid dienone is 3. The molecule has 3 rings (SSSR count). The first-order valence-corrected chi connectivity index (χ1v) is 23.3. The highest BCUT2D eigenvalue weighted by Gasteiger charge is 2.40. The van der Waals surface area contributed by atoms with Gasteiger partial charge in [-0.15, -0.1) is 0 Å². The lowest BCUT2D eigenvalue weighted by atomic mass is 10.0. The highest BCUT2D eigenvalue weighted by atomic mass is 28.4. The van der Waals surface area contributed by atoms with Gasteiger partial charge in [0.1, 0.15) is 0 Å². The summed E-state index contributed by atoms with van der Waals surface area (Å²) >= 11 is 0. The van der Waals surface area contributed by atoms with E-state index in [0.29, 0.717) is 5.92 Å². The van der Waals surface area contributed by atoms with Gasteiger partial charge < -0.3 is 18.3 Å². The van der Waals surface area contributed by atoms with Crippen molar-refractivity contribution < 1.29 is 18.3 Å². The molecule has 2 fully saturated rings. The van der Waals surface area contributed by atoms with Gasteiger partial charge in [0.05, 0.1) is 12.2 Å². The molecule has 0 spiro atoms. The van der Waals surface area contributed by atoms with E-state index in [1.807, 2.05) is 0 Å². The summed E-state index contributed by atoms with van der Waals surface area (Å²) in [4.78, 5) is 0. The topological polar surface area (TPSA) is 36.9 Å². The van der Waals surface area contributed by atoms with Crippen molar-refractivity contribution in [1.82, 2.24) is 0 Å². The maximum atomic E-state index is 6.97. The minimum absolute atomic E-state index is 0.0413. The van der Waals surface area contributed by atoms with Gasteiger partial charge in [0, 0.05) is 13.2 Å². The van der Waals surface area contributed by atoms with Crippen LogP contribution in [0.2, 0.25) is 37.8 Å². The summed E-state index contributed by atoms with van der Waals surface area (Å²) in [5.41, 5.74) is 4.75. The van der Waals surface area contributed by atoms with Crippen LogP contribution in [0.1, 0.15) is 111 Å². The predicted molar refractivity (Wildman–Crippen MR) is 179 cm³/mol. The minimum Gasteiger partial charge on any atom is -0.411 e. The zero-order valence-corrected chi connectivity index (χ0v) is 30.3. The standard InChI is InChI=1S/C35H64O4Si2/c1-10-11-13-19-30(38-41(8,9)35(2,3)4)21-22-31-32-26-28(25-29(32)27-33(31)39-40(5,6)7)18-14-12-16-23-36-34-20-15-17-24-37-34/h18,21-22,29-30,33-34H,10-17,19-20,23-27H2,1-9H3/b22-21+,28-18+. The second kappa shape index (κ2) is 16.0. The Bertz CT molecular complexity index is 887. The zero-order valence-electron chi connectivity index (χ0n) is 28.3. The molecule has 0 amide bonds. The molecule has 4 unspecified atom stereocenters. The molecule has 0 bridgehead atoms. The molecule has 236 valence electrons. The number of rotatable bonds is 16. The van der Waals surface area contributed by atoms with E-state index in [-0.39, 0.29) is 23.5 Å². The first-order valence-electron chi connectivity index (χ1n) is 17.0. The molecule has 3 aliphatic rings. The molecule has 0 radical (unpaired) electrons. The molecule has 1 saturated heterocycles. The summed E-state index contributed by atoms with van der Waals surface area (Å²) < 4.78 is 25.4. The maximum absolute atomic E-state index is 6.97. The molecule has 0 aromatic rings. The van der Waals surface area contributed by atoms with E-state index in [1.54, 1.807) is 11.1 Å². The van der Waals surface area contributed by atoms with Crippen LogP contribution in [-0.2, 0) is 18.3 Å². The van der Waals surface area contributed by atoms with Crippen LogP contribution < -0.4 is 0 Å². The Morgan fingerprint density at radius 1 is 1.02 bits per heavy atom. The third kappa shape index (κ3) is 11.5. The lowest BCUT2D eigenvalue weighted by Gasteiger charge is -2.38. The molecule has 4 nitrogen and oxygen atoms in total. The van der Waals surface area contributed by atoms with Gasteiger partial charge in [-0.1, -0.05) is 76.3 Å². The van der Waals surface area contributed by atoms with E-state index in [0.717, 1.165) is 51.7 Å². The van der Waals surface area contributed by atoms with E-state index in [2.05, 4.69) is 78.7 Å². The van der Waals surface area contributed by atoms with E-state index in [9.17, 15) is 0 Å². The number of fused-ring (bicyclic) bond motifs is 1. The summed E-state index contributed by atoms with van der Waals surface area (Å²) in [5.74, 6) is 0.647. The number of ether oxygens (including phenoxy) is 2. The molecule has 4 atom stereocenters. The highest BCUT2D eigenvalue weighted by Crippen LogP contribution is 2.48. The monoisotopic (exact) mass is 604 g/mol. The molecule has 1 aliphatic heterocycles. The fraction of sp³-hybridized carbons (Fsp3) is 0.829. The molecular formula is C35H64O4Si2. The second-order valence-electron chi connectivity index (χ2n) is 15.3. The van der Waals surface area contributed by atoms with Gasteiger partial charge in [-0.25, -0.2) is 0 Å². The van der Waals surface area contributed by atoms with Gasteiger partial charge >= 0.3 is 0 Å². The average molecular weight is 605 g/mol. The van der Waals surface area contributed by atoms with E-state index >= 15 is 0 Å². The number of hydrogen-bond acceptors (Lipinski definition) is 4. The van der Waals surface area contributed by atoms with Crippen LogP contribution in [0.3, 0.4) is 0 Å². The van der Waals surface area contributed by atoms with E-state index < -0.39 is 16.6 Å². The van der Waals surface area contributed by atoms with Crippen molar-refractivity contribution in [2.75, 3.05) is 13.2 Å². The van der Waals surface area contributed by atoms with Crippen LogP contribution in [0.5, 0.6) is 0 Å². The zero-order chi connectivity index (χ0) is 30.1. The van der Waals surface area contributed by atoms with Crippen molar-refractivity contribution in [2.24, 2.45) is 5.92 Å². The van der Waals surface area contributed by atoms with Gasteiger partial charge in [0.15, 0.2) is 22.9 Å².